The minimum Gasteiger partial charge on any atom is -0.490 e. The van der Waals surface area contributed by atoms with E-state index < -0.39 is 0 Å². The standard InChI is InChI=1S/C26H34N4O2/c1-19-18-30(25(31)28-24-8-5-14-27-29-24)15-11-21(19)16-20-6-4-7-23(17-20)32-22-9-12-26(2,3)13-10-22/h4-8,14,16-17,19,22H,9-13,15,18H2,1-3H3,(H,28,29,31). The number of piperidine rings is 1. The van der Waals surface area contributed by atoms with Crippen molar-refractivity contribution in [2.24, 2.45) is 11.3 Å². The van der Waals surface area contributed by atoms with Gasteiger partial charge in [-0.1, -0.05) is 44.6 Å². The Kier molecular flexibility index (Phi) is 6.77. The first-order chi connectivity index (χ1) is 15.4. The number of benzene rings is 1. The fourth-order valence-electron chi connectivity index (χ4n) is 4.58. The lowest BCUT2D eigenvalue weighted by Gasteiger charge is -2.34. The van der Waals surface area contributed by atoms with E-state index in [4.69, 9.17) is 4.74 Å². The van der Waals surface area contributed by atoms with Gasteiger partial charge in [-0.15, -0.1) is 5.10 Å². The van der Waals surface area contributed by atoms with E-state index >= 15 is 0 Å². The Morgan fingerprint density at radius 1 is 1.22 bits per heavy atom. The molecule has 1 aromatic carbocycles. The molecule has 1 saturated carbocycles. The van der Waals surface area contributed by atoms with Crippen LogP contribution >= 0.6 is 0 Å². The van der Waals surface area contributed by atoms with Crippen LogP contribution in [0.3, 0.4) is 0 Å². The van der Waals surface area contributed by atoms with Crippen LogP contribution in [0.4, 0.5) is 10.6 Å². The lowest BCUT2D eigenvalue weighted by Crippen LogP contribution is -2.42. The summed E-state index contributed by atoms with van der Waals surface area (Å²) in [5.74, 6) is 1.73. The Balaban J connectivity index is 1.34. The number of carbonyl (C=O) groups excluding carboxylic acids is 1. The second-order valence-electron chi connectivity index (χ2n) is 9.91. The lowest BCUT2D eigenvalue weighted by atomic mass is 9.76. The van der Waals surface area contributed by atoms with Crippen molar-refractivity contribution in [3.05, 3.63) is 53.7 Å². The molecule has 2 fully saturated rings. The maximum absolute atomic E-state index is 12.6. The summed E-state index contributed by atoms with van der Waals surface area (Å²) in [5, 5.41) is 10.6. The van der Waals surface area contributed by atoms with Gasteiger partial charge in [-0.2, -0.15) is 5.10 Å². The second-order valence-corrected chi connectivity index (χ2v) is 9.91. The van der Waals surface area contributed by atoms with E-state index in [9.17, 15) is 4.79 Å². The molecule has 1 aliphatic carbocycles. The van der Waals surface area contributed by atoms with Gasteiger partial charge in [0.15, 0.2) is 5.82 Å². The fraction of sp³-hybridized carbons (Fsp3) is 0.500. The van der Waals surface area contributed by atoms with Crippen molar-refractivity contribution in [3.63, 3.8) is 0 Å². The first-order valence-corrected chi connectivity index (χ1v) is 11.7. The Labute approximate surface area is 191 Å². The molecular weight excluding hydrogens is 400 g/mol. The zero-order valence-electron chi connectivity index (χ0n) is 19.4. The Morgan fingerprint density at radius 3 is 2.75 bits per heavy atom. The van der Waals surface area contributed by atoms with Crippen molar-refractivity contribution in [3.8, 4) is 5.75 Å². The smallest absolute Gasteiger partial charge is 0.323 e. The van der Waals surface area contributed by atoms with Gasteiger partial charge in [0.2, 0.25) is 0 Å². The lowest BCUT2D eigenvalue weighted by molar-refractivity contribution is 0.0987. The van der Waals surface area contributed by atoms with E-state index in [2.05, 4.69) is 66.6 Å². The van der Waals surface area contributed by atoms with E-state index in [-0.39, 0.29) is 6.03 Å². The highest BCUT2D eigenvalue weighted by Crippen LogP contribution is 2.36. The molecule has 1 unspecified atom stereocenters. The number of urea groups is 1. The predicted molar refractivity (Wildman–Crippen MR) is 127 cm³/mol. The summed E-state index contributed by atoms with van der Waals surface area (Å²) in [4.78, 5) is 14.4. The number of nitrogens with zero attached hydrogens (tertiary/aromatic N) is 3. The molecule has 1 atom stereocenters. The van der Waals surface area contributed by atoms with Crippen LogP contribution in [0.25, 0.3) is 6.08 Å². The normalized spacial score (nSPS) is 22.5. The minimum atomic E-state index is -0.123. The molecule has 2 amide bonds. The number of anilines is 1. The molecule has 1 aromatic heterocycles. The third kappa shape index (κ3) is 5.87. The zero-order chi connectivity index (χ0) is 22.6. The van der Waals surface area contributed by atoms with Gasteiger partial charge in [0, 0.05) is 19.3 Å². The maximum atomic E-state index is 12.6. The number of ether oxygens (including phenoxy) is 1. The number of likely N-dealkylation sites (tertiary alicyclic amines) is 1. The highest BCUT2D eigenvalue weighted by molar-refractivity contribution is 5.88. The molecule has 2 aliphatic rings. The van der Waals surface area contributed by atoms with Crippen molar-refractivity contribution in [2.45, 2.75) is 59.0 Å². The average molecular weight is 435 g/mol. The minimum absolute atomic E-state index is 0.123. The Morgan fingerprint density at radius 2 is 2.03 bits per heavy atom. The molecule has 4 rings (SSSR count). The van der Waals surface area contributed by atoms with Crippen LogP contribution in [0.1, 0.15) is 58.4 Å². The molecule has 2 aromatic rings. The number of hydrogen-bond acceptors (Lipinski definition) is 4. The molecule has 6 heteroatoms. The van der Waals surface area contributed by atoms with Crippen LogP contribution in [0.15, 0.2) is 48.2 Å². The van der Waals surface area contributed by atoms with Gasteiger partial charge >= 0.3 is 6.03 Å². The summed E-state index contributed by atoms with van der Waals surface area (Å²) in [6, 6.07) is 11.8. The van der Waals surface area contributed by atoms with Gasteiger partial charge < -0.3 is 9.64 Å². The van der Waals surface area contributed by atoms with Crippen molar-refractivity contribution >= 4 is 17.9 Å². The van der Waals surface area contributed by atoms with Crippen LogP contribution in [-0.2, 0) is 0 Å². The summed E-state index contributed by atoms with van der Waals surface area (Å²) in [5.41, 5.74) is 2.98. The van der Waals surface area contributed by atoms with Crippen LogP contribution < -0.4 is 10.1 Å². The number of hydrogen-bond donors (Lipinski definition) is 1. The molecule has 0 bridgehead atoms. The van der Waals surface area contributed by atoms with E-state index in [0.717, 1.165) is 30.6 Å². The van der Waals surface area contributed by atoms with Gasteiger partial charge in [-0.25, -0.2) is 4.79 Å². The molecule has 0 spiro atoms. The number of amides is 2. The van der Waals surface area contributed by atoms with Crippen molar-refractivity contribution in [1.29, 1.82) is 0 Å². The summed E-state index contributed by atoms with van der Waals surface area (Å²) < 4.78 is 6.31. The number of aromatic nitrogens is 2. The second kappa shape index (κ2) is 9.72. The molecule has 1 N–H and O–H groups in total. The predicted octanol–water partition coefficient (Wildman–Crippen LogP) is 5.78. The quantitative estimate of drug-likeness (QED) is 0.662. The van der Waals surface area contributed by atoms with E-state index in [1.165, 1.54) is 18.4 Å². The number of carbonyl (C=O) groups is 1. The summed E-state index contributed by atoms with van der Waals surface area (Å²) in [6.45, 7) is 8.25. The monoisotopic (exact) mass is 434 g/mol. The van der Waals surface area contributed by atoms with Crippen LogP contribution in [0, 0.1) is 11.3 Å². The number of nitrogens with one attached hydrogen (secondary N) is 1. The Hall–Kier alpha value is -2.89. The molecule has 1 saturated heterocycles. The van der Waals surface area contributed by atoms with Crippen molar-refractivity contribution in [2.75, 3.05) is 18.4 Å². The van der Waals surface area contributed by atoms with Crippen molar-refractivity contribution < 1.29 is 9.53 Å². The molecule has 2 heterocycles. The molecular formula is C26H34N4O2. The van der Waals surface area contributed by atoms with Crippen LogP contribution in [-0.4, -0.2) is 40.3 Å². The molecule has 32 heavy (non-hydrogen) atoms. The summed E-state index contributed by atoms with van der Waals surface area (Å²) >= 11 is 0. The van der Waals surface area contributed by atoms with Crippen molar-refractivity contribution in [1.82, 2.24) is 15.1 Å². The topological polar surface area (TPSA) is 67.4 Å². The third-order valence-electron chi connectivity index (χ3n) is 6.69. The molecule has 6 nitrogen and oxygen atoms in total. The van der Waals surface area contributed by atoms with Gasteiger partial charge in [-0.3, -0.25) is 5.32 Å². The maximum Gasteiger partial charge on any atom is 0.323 e. The van der Waals surface area contributed by atoms with Gasteiger partial charge in [0.05, 0.1) is 6.10 Å². The highest BCUT2D eigenvalue weighted by Gasteiger charge is 2.28. The SMILES string of the molecule is CC1CN(C(=O)Nc2cccnn2)CCC1=Cc1cccc(OC2CCC(C)(C)CC2)c1. The van der Waals surface area contributed by atoms with Gasteiger partial charge in [-0.05, 0) is 73.3 Å². The first kappa shape index (κ1) is 22.3. The average Bonchev–Trinajstić information content (AvgIpc) is 2.77. The van der Waals surface area contributed by atoms with E-state index in [0.29, 0.717) is 36.3 Å². The highest BCUT2D eigenvalue weighted by atomic mass is 16.5. The van der Waals surface area contributed by atoms with E-state index in [1.54, 1.807) is 18.3 Å². The summed E-state index contributed by atoms with van der Waals surface area (Å²) in [7, 11) is 0. The largest absolute Gasteiger partial charge is 0.490 e. The third-order valence-corrected chi connectivity index (χ3v) is 6.69. The van der Waals surface area contributed by atoms with E-state index in [1.807, 2.05) is 4.90 Å². The van der Waals surface area contributed by atoms with Crippen LogP contribution in [0.5, 0.6) is 5.75 Å². The molecule has 170 valence electrons. The molecule has 1 aliphatic heterocycles. The van der Waals surface area contributed by atoms with Gasteiger partial charge in [0.1, 0.15) is 5.75 Å². The fourth-order valence-corrected chi connectivity index (χ4v) is 4.58. The number of rotatable bonds is 4. The Bertz CT molecular complexity index is 947. The van der Waals surface area contributed by atoms with Crippen LogP contribution in [0.2, 0.25) is 0 Å². The first-order valence-electron chi connectivity index (χ1n) is 11.7. The summed E-state index contributed by atoms with van der Waals surface area (Å²) in [6.07, 6.45) is 9.73. The molecule has 0 radical (unpaired) electrons. The van der Waals surface area contributed by atoms with Gasteiger partial charge in [0.25, 0.3) is 0 Å². The zero-order valence-corrected chi connectivity index (χ0v) is 19.4.